The zero-order valence-corrected chi connectivity index (χ0v) is 9.62. The second-order valence-corrected chi connectivity index (χ2v) is 3.80. The van der Waals surface area contributed by atoms with Crippen molar-refractivity contribution in [2.24, 2.45) is 0 Å². The summed E-state index contributed by atoms with van der Waals surface area (Å²) in [5, 5.41) is 12.9. The van der Waals surface area contributed by atoms with E-state index in [-0.39, 0.29) is 5.82 Å². The van der Waals surface area contributed by atoms with Crippen molar-refractivity contribution in [1.82, 2.24) is 10.2 Å². The number of aromatic nitrogens is 2. The largest absolute Gasteiger partial charge is 0.383 e. The summed E-state index contributed by atoms with van der Waals surface area (Å²) < 4.78 is 53.9. The molecule has 3 N–H and O–H groups in total. The smallest absolute Gasteiger partial charge is 0.181 e. The fourth-order valence-electron chi connectivity index (χ4n) is 1.46. The number of rotatable bonds is 1. The van der Waals surface area contributed by atoms with Gasteiger partial charge in [-0.2, -0.15) is 10.4 Å². The molecule has 0 spiro atoms. The molecule has 19 heavy (non-hydrogen) atoms. The van der Waals surface area contributed by atoms with Crippen molar-refractivity contribution in [2.45, 2.75) is 0 Å². The highest BCUT2D eigenvalue weighted by Crippen LogP contribution is 2.35. The van der Waals surface area contributed by atoms with E-state index in [4.69, 9.17) is 22.6 Å². The number of nitrogen functional groups attached to an aromatic ring is 1. The van der Waals surface area contributed by atoms with E-state index in [1.807, 2.05) is 0 Å². The first-order chi connectivity index (χ1) is 8.90. The summed E-state index contributed by atoms with van der Waals surface area (Å²) in [6, 6.07) is 1.52. The average molecular weight is 291 g/mol. The van der Waals surface area contributed by atoms with Crippen LogP contribution >= 0.6 is 11.6 Å². The number of nitrogens with zero attached hydrogens (tertiary/aromatic N) is 2. The van der Waals surface area contributed by atoms with Crippen LogP contribution in [0.3, 0.4) is 0 Å². The zero-order chi connectivity index (χ0) is 14.3. The molecule has 4 nitrogen and oxygen atoms in total. The van der Waals surface area contributed by atoms with E-state index in [9.17, 15) is 17.6 Å². The van der Waals surface area contributed by atoms with E-state index in [2.05, 4.69) is 10.2 Å². The number of nitrogens with two attached hydrogens (primary N) is 1. The number of H-pyrrole nitrogens is 1. The van der Waals surface area contributed by atoms with E-state index in [0.29, 0.717) is 0 Å². The van der Waals surface area contributed by atoms with Gasteiger partial charge in [0.25, 0.3) is 0 Å². The van der Waals surface area contributed by atoms with Crippen molar-refractivity contribution < 1.29 is 17.6 Å². The van der Waals surface area contributed by atoms with Crippen molar-refractivity contribution in [1.29, 1.82) is 5.26 Å². The Morgan fingerprint density at radius 1 is 1.11 bits per heavy atom. The number of benzene rings is 1. The van der Waals surface area contributed by atoms with Crippen LogP contribution in [-0.4, -0.2) is 10.2 Å². The fourth-order valence-corrected chi connectivity index (χ4v) is 1.63. The Balaban J connectivity index is 2.88. The molecule has 0 unspecified atom stereocenters. The minimum atomic E-state index is -1.78. The van der Waals surface area contributed by atoms with E-state index in [1.54, 1.807) is 0 Å². The molecule has 2 aromatic rings. The molecular formula is C10H3ClF4N4. The van der Waals surface area contributed by atoms with Crippen molar-refractivity contribution >= 4 is 17.4 Å². The molecule has 0 amide bonds. The lowest BCUT2D eigenvalue weighted by atomic mass is 10.1. The maximum atomic E-state index is 13.6. The Morgan fingerprint density at radius 2 is 1.63 bits per heavy atom. The first-order valence-electron chi connectivity index (χ1n) is 4.65. The normalized spacial score (nSPS) is 10.5. The number of aromatic amines is 1. The molecule has 0 aliphatic heterocycles. The standard InChI is InChI=1S/C10H3ClF4N4/c11-4-7(14)5(12)3(6(13)8(4)15)9-2(1-16)10(17)19-18-9/h(H3,17,18,19). The summed E-state index contributed by atoms with van der Waals surface area (Å²) in [4.78, 5) is 0. The van der Waals surface area contributed by atoms with Gasteiger partial charge in [-0.15, -0.1) is 0 Å². The predicted molar refractivity (Wildman–Crippen MR) is 58.0 cm³/mol. The minimum absolute atomic E-state index is 0.285. The highest BCUT2D eigenvalue weighted by atomic mass is 35.5. The topological polar surface area (TPSA) is 78.5 Å². The van der Waals surface area contributed by atoms with E-state index in [0.717, 1.165) is 0 Å². The number of anilines is 1. The second-order valence-electron chi connectivity index (χ2n) is 3.42. The number of nitriles is 1. The molecule has 2 rings (SSSR count). The van der Waals surface area contributed by atoms with Gasteiger partial charge in [0.15, 0.2) is 23.3 Å². The molecule has 0 fully saturated rings. The summed E-state index contributed by atoms with van der Waals surface area (Å²) in [7, 11) is 0. The zero-order valence-electron chi connectivity index (χ0n) is 8.86. The van der Waals surface area contributed by atoms with Gasteiger partial charge in [-0.25, -0.2) is 17.6 Å². The van der Waals surface area contributed by atoms with Gasteiger partial charge in [0, 0.05) is 0 Å². The van der Waals surface area contributed by atoms with Crippen LogP contribution in [-0.2, 0) is 0 Å². The summed E-state index contributed by atoms with van der Waals surface area (Å²) in [5.74, 6) is -7.35. The summed E-state index contributed by atoms with van der Waals surface area (Å²) in [5.41, 5.74) is 3.08. The number of hydrogen-bond donors (Lipinski definition) is 2. The monoisotopic (exact) mass is 290 g/mol. The Bertz CT molecular complexity index is 690. The molecular weight excluding hydrogens is 288 g/mol. The molecule has 0 radical (unpaired) electrons. The molecule has 9 heteroatoms. The Kier molecular flexibility index (Phi) is 3.08. The van der Waals surface area contributed by atoms with Gasteiger partial charge in [0.2, 0.25) is 0 Å². The predicted octanol–water partition coefficient (Wildman–Crippen LogP) is 2.74. The van der Waals surface area contributed by atoms with Crippen LogP contribution in [0.2, 0.25) is 5.02 Å². The molecule has 1 aromatic heterocycles. The fraction of sp³-hybridized carbons (Fsp3) is 0. The quantitative estimate of drug-likeness (QED) is 0.481. The van der Waals surface area contributed by atoms with Gasteiger partial charge in [-0.3, -0.25) is 5.10 Å². The van der Waals surface area contributed by atoms with Crippen LogP contribution in [0.25, 0.3) is 11.3 Å². The summed E-state index contributed by atoms with van der Waals surface area (Å²) >= 11 is 5.08. The van der Waals surface area contributed by atoms with Crippen molar-refractivity contribution in [2.75, 3.05) is 5.73 Å². The number of nitrogens with one attached hydrogen (secondary N) is 1. The van der Waals surface area contributed by atoms with Gasteiger partial charge in [-0.05, 0) is 0 Å². The second kappa shape index (κ2) is 4.44. The van der Waals surface area contributed by atoms with Crippen LogP contribution in [0.5, 0.6) is 0 Å². The molecule has 1 heterocycles. The van der Waals surface area contributed by atoms with Gasteiger partial charge in [-0.1, -0.05) is 11.6 Å². The summed E-state index contributed by atoms with van der Waals surface area (Å²) in [6.45, 7) is 0. The van der Waals surface area contributed by atoms with Crippen molar-refractivity contribution in [3.63, 3.8) is 0 Å². The highest BCUT2D eigenvalue weighted by Gasteiger charge is 2.29. The highest BCUT2D eigenvalue weighted by molar-refractivity contribution is 6.31. The first kappa shape index (κ1) is 13.2. The lowest BCUT2D eigenvalue weighted by Crippen LogP contribution is -2.02. The van der Waals surface area contributed by atoms with Crippen LogP contribution in [0.1, 0.15) is 5.56 Å². The van der Waals surface area contributed by atoms with Crippen LogP contribution < -0.4 is 5.73 Å². The van der Waals surface area contributed by atoms with E-state index in [1.165, 1.54) is 6.07 Å². The lowest BCUT2D eigenvalue weighted by molar-refractivity contribution is 0.458. The third-order valence-electron chi connectivity index (χ3n) is 2.35. The Morgan fingerprint density at radius 3 is 2.11 bits per heavy atom. The van der Waals surface area contributed by atoms with Crippen molar-refractivity contribution in [3.05, 3.63) is 33.9 Å². The third-order valence-corrected chi connectivity index (χ3v) is 2.68. The van der Waals surface area contributed by atoms with Gasteiger partial charge in [0.05, 0.1) is 5.56 Å². The van der Waals surface area contributed by atoms with E-state index < -0.39 is 45.1 Å². The summed E-state index contributed by atoms with van der Waals surface area (Å²) in [6.07, 6.45) is 0. The molecule has 0 aliphatic rings. The van der Waals surface area contributed by atoms with Crippen molar-refractivity contribution in [3.8, 4) is 17.3 Å². The molecule has 0 bridgehead atoms. The van der Waals surface area contributed by atoms with Gasteiger partial charge in [0.1, 0.15) is 28.2 Å². The SMILES string of the molecule is N#Cc1c(-c2c(F)c(F)c(Cl)c(F)c2F)n[nH]c1N. The van der Waals surface area contributed by atoms with Crippen LogP contribution in [0.4, 0.5) is 23.4 Å². The van der Waals surface area contributed by atoms with Gasteiger partial charge >= 0.3 is 0 Å². The maximum absolute atomic E-state index is 13.6. The van der Waals surface area contributed by atoms with E-state index >= 15 is 0 Å². The molecule has 0 aliphatic carbocycles. The molecule has 0 saturated carbocycles. The van der Waals surface area contributed by atoms with Crippen LogP contribution in [0, 0.1) is 34.6 Å². The Labute approximate surface area is 108 Å². The molecule has 1 aromatic carbocycles. The molecule has 98 valence electrons. The number of hydrogen-bond acceptors (Lipinski definition) is 3. The lowest BCUT2D eigenvalue weighted by Gasteiger charge is -2.06. The van der Waals surface area contributed by atoms with Crippen LogP contribution in [0.15, 0.2) is 0 Å². The minimum Gasteiger partial charge on any atom is -0.383 e. The van der Waals surface area contributed by atoms with Gasteiger partial charge < -0.3 is 5.73 Å². The molecule has 0 saturated heterocycles. The third kappa shape index (κ3) is 1.79. The maximum Gasteiger partial charge on any atom is 0.181 e. The molecule has 0 atom stereocenters. The first-order valence-corrected chi connectivity index (χ1v) is 5.03. The number of halogens is 5. The average Bonchev–Trinajstić information content (AvgIpc) is 2.75. The Hall–Kier alpha value is -2.27.